The van der Waals surface area contributed by atoms with E-state index in [-0.39, 0.29) is 11.9 Å². The molecule has 0 radical (unpaired) electrons. The summed E-state index contributed by atoms with van der Waals surface area (Å²) in [5.74, 6) is -0.0467. The highest BCUT2D eigenvalue weighted by atomic mass is 16.5. The first-order valence-corrected chi connectivity index (χ1v) is 5.24. The minimum absolute atomic E-state index is 0.0467. The van der Waals surface area contributed by atoms with Gasteiger partial charge >= 0.3 is 0 Å². The van der Waals surface area contributed by atoms with Gasteiger partial charge in [-0.2, -0.15) is 0 Å². The number of carbonyl (C=O) groups is 1. The lowest BCUT2D eigenvalue weighted by atomic mass is 10.1. The molecule has 84 valence electrons. The Hall–Kier alpha value is -0.610. The molecule has 0 aromatic heterocycles. The SMILES string of the molecule is CCCCNC(=O)C(N)CCCOC. The van der Waals surface area contributed by atoms with Crippen LogP contribution in [0.3, 0.4) is 0 Å². The van der Waals surface area contributed by atoms with Gasteiger partial charge in [-0.05, 0) is 19.3 Å². The van der Waals surface area contributed by atoms with Gasteiger partial charge in [-0.25, -0.2) is 0 Å². The maximum Gasteiger partial charge on any atom is 0.236 e. The largest absolute Gasteiger partial charge is 0.385 e. The van der Waals surface area contributed by atoms with Crippen LogP contribution in [-0.2, 0) is 9.53 Å². The van der Waals surface area contributed by atoms with E-state index in [2.05, 4.69) is 12.2 Å². The second-order valence-electron chi connectivity index (χ2n) is 3.39. The van der Waals surface area contributed by atoms with Crippen molar-refractivity contribution in [3.63, 3.8) is 0 Å². The summed E-state index contributed by atoms with van der Waals surface area (Å²) in [6.07, 6.45) is 3.61. The number of rotatable bonds is 8. The molecule has 0 fully saturated rings. The Morgan fingerprint density at radius 2 is 2.21 bits per heavy atom. The molecule has 0 saturated heterocycles. The third-order valence-electron chi connectivity index (χ3n) is 2.03. The highest BCUT2D eigenvalue weighted by Gasteiger charge is 2.11. The predicted octanol–water partition coefficient (Wildman–Crippen LogP) is 0.657. The number of methoxy groups -OCH3 is 1. The molecule has 1 unspecified atom stereocenters. The summed E-state index contributed by atoms with van der Waals surface area (Å²) in [5, 5.41) is 2.81. The van der Waals surface area contributed by atoms with Crippen LogP contribution in [0.4, 0.5) is 0 Å². The first-order valence-electron chi connectivity index (χ1n) is 5.24. The molecule has 0 spiro atoms. The maximum atomic E-state index is 11.3. The van der Waals surface area contributed by atoms with E-state index in [1.807, 2.05) is 0 Å². The first kappa shape index (κ1) is 13.4. The Labute approximate surface area is 86.2 Å². The zero-order valence-corrected chi connectivity index (χ0v) is 9.21. The smallest absolute Gasteiger partial charge is 0.236 e. The van der Waals surface area contributed by atoms with E-state index in [9.17, 15) is 4.79 Å². The van der Waals surface area contributed by atoms with Gasteiger partial charge in [0.1, 0.15) is 0 Å². The Morgan fingerprint density at radius 3 is 2.79 bits per heavy atom. The minimum Gasteiger partial charge on any atom is -0.385 e. The van der Waals surface area contributed by atoms with E-state index in [1.54, 1.807) is 7.11 Å². The van der Waals surface area contributed by atoms with Gasteiger partial charge in [0.15, 0.2) is 0 Å². The second-order valence-corrected chi connectivity index (χ2v) is 3.39. The van der Waals surface area contributed by atoms with Crippen LogP contribution in [-0.4, -0.2) is 32.2 Å². The predicted molar refractivity (Wildman–Crippen MR) is 57.0 cm³/mol. The summed E-state index contributed by atoms with van der Waals surface area (Å²) in [4.78, 5) is 11.3. The Bertz CT molecular complexity index is 151. The fourth-order valence-corrected chi connectivity index (χ4v) is 1.10. The van der Waals surface area contributed by atoms with Crippen molar-refractivity contribution in [3.8, 4) is 0 Å². The van der Waals surface area contributed by atoms with Crippen molar-refractivity contribution >= 4 is 5.91 Å². The summed E-state index contributed by atoms with van der Waals surface area (Å²) in [6, 6.07) is -0.387. The molecule has 14 heavy (non-hydrogen) atoms. The molecule has 0 aromatic carbocycles. The van der Waals surface area contributed by atoms with Gasteiger partial charge in [0, 0.05) is 20.3 Å². The number of hydrogen-bond donors (Lipinski definition) is 2. The van der Waals surface area contributed by atoms with Crippen LogP contribution < -0.4 is 11.1 Å². The van der Waals surface area contributed by atoms with Crippen molar-refractivity contribution in [1.82, 2.24) is 5.32 Å². The van der Waals surface area contributed by atoms with Crippen molar-refractivity contribution in [2.24, 2.45) is 5.73 Å². The number of ether oxygens (including phenoxy) is 1. The standard InChI is InChI=1S/C10H22N2O2/c1-3-4-7-12-10(13)9(11)6-5-8-14-2/h9H,3-8,11H2,1-2H3,(H,12,13). The summed E-state index contributed by atoms with van der Waals surface area (Å²) >= 11 is 0. The Kier molecular flexibility index (Phi) is 8.57. The normalized spacial score (nSPS) is 12.5. The quantitative estimate of drug-likeness (QED) is 0.568. The molecule has 4 heteroatoms. The molecule has 1 atom stereocenters. The summed E-state index contributed by atoms with van der Waals surface area (Å²) in [5.41, 5.74) is 5.67. The number of unbranched alkanes of at least 4 members (excludes halogenated alkanes) is 1. The molecule has 0 aromatic rings. The van der Waals surface area contributed by atoms with Gasteiger partial charge in [0.2, 0.25) is 5.91 Å². The molecule has 0 aliphatic rings. The molecule has 0 aliphatic carbocycles. The van der Waals surface area contributed by atoms with Crippen molar-refractivity contribution < 1.29 is 9.53 Å². The van der Waals surface area contributed by atoms with Crippen LogP contribution in [0.25, 0.3) is 0 Å². The van der Waals surface area contributed by atoms with E-state index in [1.165, 1.54) is 0 Å². The lowest BCUT2D eigenvalue weighted by molar-refractivity contribution is -0.122. The molecule has 0 heterocycles. The summed E-state index contributed by atoms with van der Waals surface area (Å²) in [7, 11) is 1.65. The van der Waals surface area contributed by atoms with Crippen molar-refractivity contribution in [2.45, 2.75) is 38.6 Å². The summed E-state index contributed by atoms with van der Waals surface area (Å²) < 4.78 is 4.88. The van der Waals surface area contributed by atoms with Gasteiger partial charge < -0.3 is 15.8 Å². The molecule has 0 aliphatic heterocycles. The number of nitrogens with two attached hydrogens (primary N) is 1. The van der Waals surface area contributed by atoms with Gasteiger partial charge in [-0.3, -0.25) is 4.79 Å². The van der Waals surface area contributed by atoms with Crippen LogP contribution in [0.15, 0.2) is 0 Å². The fourth-order valence-electron chi connectivity index (χ4n) is 1.10. The van der Waals surface area contributed by atoms with Crippen LogP contribution in [0.5, 0.6) is 0 Å². The zero-order chi connectivity index (χ0) is 10.8. The van der Waals surface area contributed by atoms with E-state index < -0.39 is 0 Å². The number of carbonyl (C=O) groups excluding carboxylic acids is 1. The lowest BCUT2D eigenvalue weighted by Gasteiger charge is -2.11. The molecule has 1 amide bonds. The fraction of sp³-hybridized carbons (Fsp3) is 0.900. The van der Waals surface area contributed by atoms with Gasteiger partial charge in [0.05, 0.1) is 6.04 Å². The van der Waals surface area contributed by atoms with Gasteiger partial charge in [-0.15, -0.1) is 0 Å². The number of amides is 1. The van der Waals surface area contributed by atoms with Gasteiger partial charge in [0.25, 0.3) is 0 Å². The van der Waals surface area contributed by atoms with Crippen molar-refractivity contribution in [1.29, 1.82) is 0 Å². The first-order chi connectivity index (χ1) is 6.72. The van der Waals surface area contributed by atoms with E-state index >= 15 is 0 Å². The number of nitrogens with one attached hydrogen (secondary N) is 1. The molecular formula is C10H22N2O2. The maximum absolute atomic E-state index is 11.3. The van der Waals surface area contributed by atoms with Crippen molar-refractivity contribution in [3.05, 3.63) is 0 Å². The average molecular weight is 202 g/mol. The topological polar surface area (TPSA) is 64.4 Å². The van der Waals surface area contributed by atoms with Gasteiger partial charge in [-0.1, -0.05) is 13.3 Å². The highest BCUT2D eigenvalue weighted by Crippen LogP contribution is 1.95. The Morgan fingerprint density at radius 1 is 1.50 bits per heavy atom. The highest BCUT2D eigenvalue weighted by molar-refractivity contribution is 5.81. The Balaban J connectivity index is 3.44. The van der Waals surface area contributed by atoms with Crippen LogP contribution in [0, 0.1) is 0 Å². The third-order valence-corrected chi connectivity index (χ3v) is 2.03. The minimum atomic E-state index is -0.387. The molecule has 0 rings (SSSR count). The molecule has 0 saturated carbocycles. The van der Waals surface area contributed by atoms with E-state index in [0.717, 1.165) is 25.8 Å². The van der Waals surface area contributed by atoms with E-state index in [4.69, 9.17) is 10.5 Å². The molecule has 3 N–H and O–H groups in total. The van der Waals surface area contributed by atoms with Crippen LogP contribution in [0.1, 0.15) is 32.6 Å². The molecular weight excluding hydrogens is 180 g/mol. The van der Waals surface area contributed by atoms with Crippen LogP contribution in [0.2, 0.25) is 0 Å². The number of hydrogen-bond acceptors (Lipinski definition) is 3. The third kappa shape index (κ3) is 6.86. The second kappa shape index (κ2) is 8.97. The van der Waals surface area contributed by atoms with Crippen LogP contribution >= 0.6 is 0 Å². The molecule has 4 nitrogen and oxygen atoms in total. The lowest BCUT2D eigenvalue weighted by Crippen LogP contribution is -2.41. The molecule has 0 bridgehead atoms. The van der Waals surface area contributed by atoms with E-state index in [0.29, 0.717) is 13.0 Å². The monoisotopic (exact) mass is 202 g/mol. The zero-order valence-electron chi connectivity index (χ0n) is 9.21. The van der Waals surface area contributed by atoms with Crippen molar-refractivity contribution in [2.75, 3.05) is 20.3 Å². The average Bonchev–Trinajstić information content (AvgIpc) is 2.18. The summed E-state index contributed by atoms with van der Waals surface area (Å²) in [6.45, 7) is 3.48.